The van der Waals surface area contributed by atoms with Gasteiger partial charge >= 0.3 is 12.1 Å². The van der Waals surface area contributed by atoms with Crippen LogP contribution in [0.4, 0.5) is 9.59 Å². The number of hydrogen-bond donors (Lipinski definition) is 6. The van der Waals surface area contributed by atoms with Gasteiger partial charge in [-0.1, -0.05) is 0 Å². The number of nitrogens with zero attached hydrogens (tertiary/aromatic N) is 2. The highest BCUT2D eigenvalue weighted by atomic mass is 16.3. The summed E-state index contributed by atoms with van der Waals surface area (Å²) < 4.78 is 0. The molecule has 0 rings (SSSR count). The highest BCUT2D eigenvalue weighted by Gasteiger charge is 2.13. The smallest absolute Gasteiger partial charge is 0.328 e. The fraction of sp³-hybridized carbons (Fsp3) is 0.800. The van der Waals surface area contributed by atoms with Crippen LogP contribution in [0.5, 0.6) is 0 Å². The van der Waals surface area contributed by atoms with Crippen molar-refractivity contribution in [3.63, 3.8) is 0 Å². The zero-order valence-corrected chi connectivity index (χ0v) is 11.3. The second kappa shape index (κ2) is 9.31. The number of hydrogen-bond acceptors (Lipinski definition) is 6. The molecule has 0 aliphatic rings. The highest BCUT2D eigenvalue weighted by Crippen LogP contribution is 2.08. The molecule has 0 aliphatic heterocycles. The number of rotatable bonds is 9. The standard InChI is InChI=1S/C10H24N6O4/c11-9(19)15(13)5-3-7(17)1-2-8(18)4-6-16(14)10(12)20/h7-8,17-18H,1-6,13-14H2,(H2,11,19)(H2,12,20). The molecule has 118 valence electrons. The van der Waals surface area contributed by atoms with E-state index in [9.17, 15) is 19.8 Å². The molecule has 0 radical (unpaired) electrons. The van der Waals surface area contributed by atoms with Gasteiger partial charge in [0.25, 0.3) is 0 Å². The van der Waals surface area contributed by atoms with Crippen molar-refractivity contribution in [2.24, 2.45) is 23.2 Å². The van der Waals surface area contributed by atoms with Crippen LogP contribution in [-0.4, -0.2) is 57.6 Å². The van der Waals surface area contributed by atoms with Crippen LogP contribution in [0.15, 0.2) is 0 Å². The quantitative estimate of drug-likeness (QED) is 0.159. The zero-order valence-electron chi connectivity index (χ0n) is 11.3. The summed E-state index contributed by atoms with van der Waals surface area (Å²) in [6.45, 7) is 0.260. The molecule has 0 aromatic heterocycles. The molecular weight excluding hydrogens is 268 g/mol. The van der Waals surface area contributed by atoms with Crippen molar-refractivity contribution in [3.05, 3.63) is 0 Å². The van der Waals surface area contributed by atoms with Crippen LogP contribution in [0, 0.1) is 0 Å². The molecule has 0 aromatic rings. The SMILES string of the molecule is NC(=O)N(N)CCC(O)CCC(O)CCN(N)C(N)=O. The molecule has 0 saturated heterocycles. The summed E-state index contributed by atoms with van der Waals surface area (Å²) in [5.41, 5.74) is 9.85. The summed E-state index contributed by atoms with van der Waals surface area (Å²) in [7, 11) is 0. The maximum Gasteiger partial charge on any atom is 0.328 e. The van der Waals surface area contributed by atoms with Crippen LogP contribution in [0.1, 0.15) is 25.7 Å². The summed E-state index contributed by atoms with van der Waals surface area (Å²) in [5, 5.41) is 20.9. The number of carbonyl (C=O) groups is 2. The van der Waals surface area contributed by atoms with Crippen LogP contribution in [0.2, 0.25) is 0 Å². The molecule has 10 heteroatoms. The molecule has 4 amide bonds. The number of amides is 4. The van der Waals surface area contributed by atoms with E-state index in [2.05, 4.69) is 0 Å². The molecule has 0 saturated carbocycles. The van der Waals surface area contributed by atoms with E-state index in [1.54, 1.807) is 0 Å². The number of aliphatic hydroxyl groups is 2. The zero-order chi connectivity index (χ0) is 15.7. The van der Waals surface area contributed by atoms with E-state index < -0.39 is 24.3 Å². The van der Waals surface area contributed by atoms with Gasteiger partial charge in [-0.2, -0.15) is 0 Å². The molecule has 2 unspecified atom stereocenters. The predicted octanol–water partition coefficient (Wildman–Crippen LogP) is -2.22. The minimum atomic E-state index is -0.772. The average Bonchev–Trinajstić information content (AvgIpc) is 2.39. The minimum absolute atomic E-state index is 0.130. The molecule has 20 heavy (non-hydrogen) atoms. The third-order valence-corrected chi connectivity index (χ3v) is 2.81. The summed E-state index contributed by atoms with van der Waals surface area (Å²) >= 11 is 0. The van der Waals surface area contributed by atoms with Crippen molar-refractivity contribution in [1.29, 1.82) is 0 Å². The number of nitrogens with two attached hydrogens (primary N) is 4. The Kier molecular flexibility index (Phi) is 8.56. The van der Waals surface area contributed by atoms with Crippen molar-refractivity contribution < 1.29 is 19.8 Å². The summed E-state index contributed by atoms with van der Waals surface area (Å²) in [6, 6.07) is -1.54. The second-order valence-electron chi connectivity index (χ2n) is 4.53. The maximum absolute atomic E-state index is 10.6. The monoisotopic (exact) mass is 292 g/mol. The van der Waals surface area contributed by atoms with E-state index >= 15 is 0 Å². The van der Waals surface area contributed by atoms with Crippen LogP contribution in [0.3, 0.4) is 0 Å². The lowest BCUT2D eigenvalue weighted by molar-refractivity contribution is 0.0930. The van der Waals surface area contributed by atoms with Crippen molar-refractivity contribution in [2.75, 3.05) is 13.1 Å². The molecule has 10 nitrogen and oxygen atoms in total. The van der Waals surface area contributed by atoms with E-state index in [-0.39, 0.29) is 25.9 Å². The normalized spacial score (nSPS) is 13.6. The molecule has 0 heterocycles. The van der Waals surface area contributed by atoms with Gasteiger partial charge in [0, 0.05) is 13.1 Å². The largest absolute Gasteiger partial charge is 0.393 e. The molecule has 2 atom stereocenters. The number of hydrazine groups is 2. The van der Waals surface area contributed by atoms with Crippen molar-refractivity contribution >= 4 is 12.1 Å². The van der Waals surface area contributed by atoms with Crippen LogP contribution < -0.4 is 23.2 Å². The predicted molar refractivity (Wildman–Crippen MR) is 71.4 cm³/mol. The molecule has 10 N–H and O–H groups in total. The molecule has 0 bridgehead atoms. The first-order chi connectivity index (χ1) is 9.23. The van der Waals surface area contributed by atoms with E-state index in [1.165, 1.54) is 0 Å². The van der Waals surface area contributed by atoms with Crippen molar-refractivity contribution in [1.82, 2.24) is 10.0 Å². The fourth-order valence-electron chi connectivity index (χ4n) is 1.47. The van der Waals surface area contributed by atoms with Gasteiger partial charge in [-0.15, -0.1) is 0 Å². The molecule has 0 aliphatic carbocycles. The Morgan fingerprint density at radius 1 is 0.800 bits per heavy atom. The Morgan fingerprint density at radius 2 is 1.10 bits per heavy atom. The van der Waals surface area contributed by atoms with Gasteiger partial charge in [0.15, 0.2) is 0 Å². The lowest BCUT2D eigenvalue weighted by Crippen LogP contribution is -2.43. The van der Waals surface area contributed by atoms with Gasteiger partial charge in [-0.05, 0) is 25.7 Å². The number of urea groups is 2. The molecule has 0 spiro atoms. The van der Waals surface area contributed by atoms with E-state index in [1.807, 2.05) is 0 Å². The topological polar surface area (TPSA) is 185 Å². The Morgan fingerprint density at radius 3 is 1.35 bits per heavy atom. The summed E-state index contributed by atoms with van der Waals surface area (Å²) in [6.07, 6.45) is -0.239. The van der Waals surface area contributed by atoms with Gasteiger partial charge in [0.1, 0.15) is 0 Å². The summed E-state index contributed by atoms with van der Waals surface area (Å²) in [5.74, 6) is 10.5. The van der Waals surface area contributed by atoms with Gasteiger partial charge in [-0.25, -0.2) is 21.3 Å². The first-order valence-corrected chi connectivity index (χ1v) is 6.23. The number of carbonyl (C=O) groups excluding carboxylic acids is 2. The lowest BCUT2D eigenvalue weighted by Gasteiger charge is -2.19. The average molecular weight is 292 g/mol. The van der Waals surface area contributed by atoms with Crippen molar-refractivity contribution in [3.8, 4) is 0 Å². The third kappa shape index (κ3) is 8.48. The summed E-state index contributed by atoms with van der Waals surface area (Å²) in [4.78, 5) is 21.3. The third-order valence-electron chi connectivity index (χ3n) is 2.81. The van der Waals surface area contributed by atoms with Crippen LogP contribution in [0.25, 0.3) is 0 Å². The molecular formula is C10H24N6O4. The second-order valence-corrected chi connectivity index (χ2v) is 4.53. The number of primary amides is 2. The van der Waals surface area contributed by atoms with Gasteiger partial charge in [0.2, 0.25) is 0 Å². The maximum atomic E-state index is 10.6. The Balaban J connectivity index is 3.75. The van der Waals surface area contributed by atoms with Gasteiger partial charge in [0.05, 0.1) is 12.2 Å². The van der Waals surface area contributed by atoms with Crippen LogP contribution >= 0.6 is 0 Å². The Bertz CT molecular complexity index is 286. The first-order valence-electron chi connectivity index (χ1n) is 6.23. The van der Waals surface area contributed by atoms with E-state index in [0.29, 0.717) is 12.8 Å². The van der Waals surface area contributed by atoms with E-state index in [4.69, 9.17) is 23.2 Å². The number of aliphatic hydroxyl groups excluding tert-OH is 2. The van der Waals surface area contributed by atoms with Gasteiger partial charge < -0.3 is 21.7 Å². The van der Waals surface area contributed by atoms with Crippen molar-refractivity contribution in [2.45, 2.75) is 37.9 Å². The minimum Gasteiger partial charge on any atom is -0.393 e. The fourth-order valence-corrected chi connectivity index (χ4v) is 1.47. The first kappa shape index (κ1) is 18.4. The van der Waals surface area contributed by atoms with Crippen LogP contribution in [-0.2, 0) is 0 Å². The van der Waals surface area contributed by atoms with E-state index in [0.717, 1.165) is 10.0 Å². The Labute approximate surface area is 117 Å². The Hall–Kier alpha value is -1.62. The lowest BCUT2D eigenvalue weighted by atomic mass is 10.1. The van der Waals surface area contributed by atoms with Gasteiger partial charge in [-0.3, -0.25) is 10.0 Å². The molecule has 0 fully saturated rings. The highest BCUT2D eigenvalue weighted by molar-refractivity contribution is 5.71. The molecule has 0 aromatic carbocycles.